The summed E-state index contributed by atoms with van der Waals surface area (Å²) in [4.78, 5) is 0. The molecule has 3 nitrogen and oxygen atoms in total. The summed E-state index contributed by atoms with van der Waals surface area (Å²) in [6.45, 7) is 1.84. The van der Waals surface area contributed by atoms with Crippen LogP contribution in [0, 0.1) is 6.92 Å². The van der Waals surface area contributed by atoms with Gasteiger partial charge in [0.1, 0.15) is 17.2 Å². The normalized spacial score (nSPS) is 10.4. The Hall–Kier alpha value is -2.16. The summed E-state index contributed by atoms with van der Waals surface area (Å²) in [5.74, 6) is 0.380. The molecule has 17 heavy (non-hydrogen) atoms. The summed E-state index contributed by atoms with van der Waals surface area (Å²) in [5.41, 5.74) is 2.62. The van der Waals surface area contributed by atoms with Crippen LogP contribution in [0.4, 0.5) is 0 Å². The molecule has 3 heteroatoms. The molecular formula is C14H14O3. The number of aromatic hydroxyl groups is 3. The molecule has 0 unspecified atom stereocenters. The summed E-state index contributed by atoms with van der Waals surface area (Å²) < 4.78 is 0. The van der Waals surface area contributed by atoms with Gasteiger partial charge in [-0.25, -0.2) is 0 Å². The highest BCUT2D eigenvalue weighted by molar-refractivity contribution is 5.47. The summed E-state index contributed by atoms with van der Waals surface area (Å²) in [6, 6.07) is 9.80. The molecule has 0 aliphatic heterocycles. The zero-order chi connectivity index (χ0) is 12.4. The first-order valence-corrected chi connectivity index (χ1v) is 5.35. The van der Waals surface area contributed by atoms with E-state index in [4.69, 9.17) is 0 Å². The molecule has 0 fully saturated rings. The van der Waals surface area contributed by atoms with Crippen LogP contribution >= 0.6 is 0 Å². The van der Waals surface area contributed by atoms with Gasteiger partial charge in [0, 0.05) is 18.1 Å². The van der Waals surface area contributed by atoms with Crippen LogP contribution in [0.2, 0.25) is 0 Å². The first kappa shape index (κ1) is 11.3. The second kappa shape index (κ2) is 4.37. The lowest BCUT2D eigenvalue weighted by atomic mass is 9.99. The molecule has 0 radical (unpaired) electrons. The first-order valence-electron chi connectivity index (χ1n) is 5.35. The third-order valence-corrected chi connectivity index (χ3v) is 2.75. The van der Waals surface area contributed by atoms with E-state index < -0.39 is 0 Å². The largest absolute Gasteiger partial charge is 0.508 e. The quantitative estimate of drug-likeness (QED) is 0.743. The Morgan fingerprint density at radius 3 is 2.12 bits per heavy atom. The molecular weight excluding hydrogens is 216 g/mol. The first-order chi connectivity index (χ1) is 8.06. The van der Waals surface area contributed by atoms with Crippen LogP contribution < -0.4 is 0 Å². The highest BCUT2D eigenvalue weighted by Crippen LogP contribution is 2.29. The standard InChI is InChI=1S/C14H14O3/c1-9-6-12(16)8-14(17)13(9)7-10-2-4-11(15)5-3-10/h2-6,8,15-17H,7H2,1H3. The number of hydrogen-bond acceptors (Lipinski definition) is 3. The van der Waals surface area contributed by atoms with Crippen LogP contribution in [0.5, 0.6) is 17.2 Å². The van der Waals surface area contributed by atoms with Gasteiger partial charge in [0.2, 0.25) is 0 Å². The topological polar surface area (TPSA) is 60.7 Å². The van der Waals surface area contributed by atoms with E-state index in [0.717, 1.165) is 16.7 Å². The number of aryl methyl sites for hydroxylation is 1. The Kier molecular flexibility index (Phi) is 2.91. The van der Waals surface area contributed by atoms with Crippen molar-refractivity contribution in [3.05, 3.63) is 53.1 Å². The van der Waals surface area contributed by atoms with Crippen molar-refractivity contribution in [2.45, 2.75) is 13.3 Å². The third-order valence-electron chi connectivity index (χ3n) is 2.75. The molecule has 0 heterocycles. The Balaban J connectivity index is 2.33. The van der Waals surface area contributed by atoms with Crippen LogP contribution in [0.3, 0.4) is 0 Å². The predicted octanol–water partition coefficient (Wildman–Crippen LogP) is 2.70. The van der Waals surface area contributed by atoms with E-state index in [9.17, 15) is 15.3 Å². The van der Waals surface area contributed by atoms with Crippen LogP contribution in [0.1, 0.15) is 16.7 Å². The number of hydrogen-bond donors (Lipinski definition) is 3. The Morgan fingerprint density at radius 2 is 1.53 bits per heavy atom. The lowest BCUT2D eigenvalue weighted by Gasteiger charge is -2.09. The summed E-state index contributed by atoms with van der Waals surface area (Å²) in [5, 5.41) is 28.3. The highest BCUT2D eigenvalue weighted by Gasteiger charge is 2.08. The Bertz CT molecular complexity index is 507. The van der Waals surface area contributed by atoms with Gasteiger partial charge in [-0.1, -0.05) is 12.1 Å². The molecule has 0 amide bonds. The average Bonchev–Trinajstić information content (AvgIpc) is 2.26. The van der Waals surface area contributed by atoms with E-state index in [0.29, 0.717) is 6.42 Å². The number of phenols is 3. The van der Waals surface area contributed by atoms with Gasteiger partial charge >= 0.3 is 0 Å². The number of phenolic OH excluding ortho intramolecular Hbond substituents is 3. The smallest absolute Gasteiger partial charge is 0.123 e. The molecule has 0 aromatic heterocycles. The third kappa shape index (κ3) is 2.50. The fourth-order valence-electron chi connectivity index (χ4n) is 1.83. The van der Waals surface area contributed by atoms with Crippen molar-refractivity contribution >= 4 is 0 Å². The molecule has 0 aliphatic rings. The Morgan fingerprint density at radius 1 is 0.882 bits per heavy atom. The van der Waals surface area contributed by atoms with Gasteiger partial charge < -0.3 is 15.3 Å². The van der Waals surface area contributed by atoms with Crippen LogP contribution in [0.15, 0.2) is 36.4 Å². The van der Waals surface area contributed by atoms with Crippen molar-refractivity contribution in [2.24, 2.45) is 0 Å². The second-order valence-corrected chi connectivity index (χ2v) is 4.10. The van der Waals surface area contributed by atoms with Crippen molar-refractivity contribution in [1.29, 1.82) is 0 Å². The van der Waals surface area contributed by atoms with E-state index in [1.165, 1.54) is 6.07 Å². The molecule has 0 bridgehead atoms. The van der Waals surface area contributed by atoms with Crippen molar-refractivity contribution in [1.82, 2.24) is 0 Å². The molecule has 0 saturated heterocycles. The van der Waals surface area contributed by atoms with E-state index in [2.05, 4.69) is 0 Å². The predicted molar refractivity (Wildman–Crippen MR) is 65.4 cm³/mol. The molecule has 88 valence electrons. The molecule has 3 N–H and O–H groups in total. The molecule has 0 spiro atoms. The summed E-state index contributed by atoms with van der Waals surface area (Å²) in [7, 11) is 0. The molecule has 2 aromatic rings. The summed E-state index contributed by atoms with van der Waals surface area (Å²) >= 11 is 0. The van der Waals surface area contributed by atoms with Gasteiger partial charge in [-0.2, -0.15) is 0 Å². The van der Waals surface area contributed by atoms with Crippen molar-refractivity contribution < 1.29 is 15.3 Å². The van der Waals surface area contributed by atoms with E-state index in [-0.39, 0.29) is 17.2 Å². The van der Waals surface area contributed by atoms with Crippen LogP contribution in [0.25, 0.3) is 0 Å². The minimum absolute atomic E-state index is 0.0643. The van der Waals surface area contributed by atoms with Crippen molar-refractivity contribution in [3.8, 4) is 17.2 Å². The maximum absolute atomic E-state index is 9.78. The molecule has 2 rings (SSSR count). The monoisotopic (exact) mass is 230 g/mol. The van der Waals surface area contributed by atoms with Gasteiger partial charge in [0.15, 0.2) is 0 Å². The van der Waals surface area contributed by atoms with E-state index in [1.807, 2.05) is 6.92 Å². The van der Waals surface area contributed by atoms with Crippen molar-refractivity contribution in [3.63, 3.8) is 0 Å². The van der Waals surface area contributed by atoms with Gasteiger partial charge in [-0.15, -0.1) is 0 Å². The number of benzene rings is 2. The second-order valence-electron chi connectivity index (χ2n) is 4.10. The average molecular weight is 230 g/mol. The van der Waals surface area contributed by atoms with Gasteiger partial charge in [-0.3, -0.25) is 0 Å². The highest BCUT2D eigenvalue weighted by atomic mass is 16.3. The van der Waals surface area contributed by atoms with Crippen molar-refractivity contribution in [2.75, 3.05) is 0 Å². The van der Waals surface area contributed by atoms with Gasteiger partial charge in [0.05, 0.1) is 0 Å². The maximum atomic E-state index is 9.78. The lowest BCUT2D eigenvalue weighted by Crippen LogP contribution is -1.92. The van der Waals surface area contributed by atoms with Crippen LogP contribution in [-0.4, -0.2) is 15.3 Å². The summed E-state index contributed by atoms with van der Waals surface area (Å²) in [6.07, 6.45) is 0.568. The minimum Gasteiger partial charge on any atom is -0.508 e. The minimum atomic E-state index is 0.0643. The zero-order valence-corrected chi connectivity index (χ0v) is 9.51. The Labute approximate surface area is 99.6 Å². The molecule has 0 atom stereocenters. The fraction of sp³-hybridized carbons (Fsp3) is 0.143. The fourth-order valence-corrected chi connectivity index (χ4v) is 1.83. The maximum Gasteiger partial charge on any atom is 0.123 e. The molecule has 0 saturated carbocycles. The lowest BCUT2D eigenvalue weighted by molar-refractivity contribution is 0.446. The molecule has 2 aromatic carbocycles. The zero-order valence-electron chi connectivity index (χ0n) is 9.51. The molecule has 0 aliphatic carbocycles. The van der Waals surface area contributed by atoms with Gasteiger partial charge in [-0.05, 0) is 36.2 Å². The van der Waals surface area contributed by atoms with E-state index >= 15 is 0 Å². The van der Waals surface area contributed by atoms with Gasteiger partial charge in [0.25, 0.3) is 0 Å². The van der Waals surface area contributed by atoms with E-state index in [1.54, 1.807) is 30.3 Å². The number of rotatable bonds is 2. The van der Waals surface area contributed by atoms with Crippen LogP contribution in [-0.2, 0) is 6.42 Å². The SMILES string of the molecule is Cc1cc(O)cc(O)c1Cc1ccc(O)cc1.